The molecule has 0 heterocycles. The molecule has 4 saturated carbocycles. The maximum absolute atomic E-state index is 2.75. The first kappa shape index (κ1) is 22.2. The van der Waals surface area contributed by atoms with Gasteiger partial charge in [0.05, 0.1) is 0 Å². The molecule has 168 valence electrons. The first-order chi connectivity index (χ1) is 13.9. The molecule has 4 aliphatic carbocycles. The van der Waals surface area contributed by atoms with Crippen LogP contribution >= 0.6 is 0 Å². The van der Waals surface area contributed by atoms with Gasteiger partial charge in [0.15, 0.2) is 0 Å². The minimum absolute atomic E-state index is 0.519. The van der Waals surface area contributed by atoms with E-state index in [1.54, 1.807) is 25.7 Å². The van der Waals surface area contributed by atoms with E-state index in [4.69, 9.17) is 0 Å². The molecule has 0 N–H and O–H groups in total. The Morgan fingerprint density at radius 3 is 1.48 bits per heavy atom. The largest absolute Gasteiger partial charge is 0.0593 e. The second kappa shape index (κ2) is 9.24. The smallest absolute Gasteiger partial charge is 0.0275 e. The van der Waals surface area contributed by atoms with E-state index in [9.17, 15) is 0 Å². The second-order valence-corrected chi connectivity index (χ2v) is 13.1. The summed E-state index contributed by atoms with van der Waals surface area (Å²) in [6, 6.07) is 0. The number of hydrogen-bond donors (Lipinski definition) is 0. The molecule has 3 unspecified atom stereocenters. The first-order valence-electron chi connectivity index (χ1n) is 13.9. The fourth-order valence-electron chi connectivity index (χ4n) is 9.67. The average Bonchev–Trinajstić information content (AvgIpc) is 2.75. The minimum Gasteiger partial charge on any atom is -0.0593 e. The van der Waals surface area contributed by atoms with Crippen LogP contribution in [0.1, 0.15) is 137 Å². The van der Waals surface area contributed by atoms with Crippen molar-refractivity contribution in [2.24, 2.45) is 46.3 Å². The molecule has 0 nitrogen and oxygen atoms in total. The lowest BCUT2D eigenvalue weighted by Crippen LogP contribution is -2.52. The Morgan fingerprint density at radius 1 is 0.483 bits per heavy atom. The van der Waals surface area contributed by atoms with Crippen molar-refractivity contribution in [3.63, 3.8) is 0 Å². The molecule has 0 aromatic rings. The van der Waals surface area contributed by atoms with Gasteiger partial charge in [0.1, 0.15) is 0 Å². The molecule has 0 radical (unpaired) electrons. The summed E-state index contributed by atoms with van der Waals surface area (Å²) >= 11 is 0. The van der Waals surface area contributed by atoms with Crippen molar-refractivity contribution in [3.05, 3.63) is 0 Å². The highest BCUT2D eigenvalue weighted by Crippen LogP contribution is 2.61. The van der Waals surface area contributed by atoms with E-state index < -0.39 is 0 Å². The monoisotopic (exact) mass is 400 g/mol. The Hall–Kier alpha value is 0. The summed E-state index contributed by atoms with van der Waals surface area (Å²) in [7, 11) is 0. The van der Waals surface area contributed by atoms with Crippen LogP contribution in [0.15, 0.2) is 0 Å². The highest BCUT2D eigenvalue weighted by atomic mass is 14.6. The number of hydrogen-bond acceptors (Lipinski definition) is 0. The molecule has 4 rings (SSSR count). The molecule has 0 amide bonds. The van der Waals surface area contributed by atoms with Gasteiger partial charge < -0.3 is 0 Å². The molecule has 29 heavy (non-hydrogen) atoms. The van der Waals surface area contributed by atoms with Gasteiger partial charge in [-0.05, 0) is 84.9 Å². The highest BCUT2D eigenvalue weighted by molar-refractivity contribution is 5.03. The predicted octanol–water partition coefficient (Wildman–Crippen LogP) is 9.42. The molecular formula is C29H52. The first-order valence-corrected chi connectivity index (χ1v) is 13.9. The van der Waals surface area contributed by atoms with Crippen LogP contribution in [0.2, 0.25) is 0 Å². The summed E-state index contributed by atoms with van der Waals surface area (Å²) in [6.07, 6.45) is 25.9. The zero-order valence-corrected chi connectivity index (χ0v) is 20.5. The van der Waals surface area contributed by atoms with E-state index in [0.29, 0.717) is 10.8 Å². The van der Waals surface area contributed by atoms with Gasteiger partial charge in [-0.15, -0.1) is 0 Å². The Labute approximate surface area is 183 Å². The third kappa shape index (κ3) is 4.48. The summed E-state index contributed by atoms with van der Waals surface area (Å²) in [5, 5.41) is 0. The van der Waals surface area contributed by atoms with Crippen LogP contribution in [0.3, 0.4) is 0 Å². The lowest BCUT2D eigenvalue weighted by atomic mass is 9.46. The summed E-state index contributed by atoms with van der Waals surface area (Å²) in [6.45, 7) is 11.0. The van der Waals surface area contributed by atoms with Crippen molar-refractivity contribution in [1.82, 2.24) is 0 Å². The molecule has 0 aromatic heterocycles. The van der Waals surface area contributed by atoms with Gasteiger partial charge in [-0.25, -0.2) is 0 Å². The molecule has 4 aliphatic rings. The highest BCUT2D eigenvalue weighted by Gasteiger charge is 2.54. The normalized spacial score (nSPS) is 33.6. The lowest BCUT2D eigenvalue weighted by molar-refractivity contribution is -0.104. The molecule has 0 spiro atoms. The maximum atomic E-state index is 2.75. The Kier molecular flexibility index (Phi) is 7.07. The summed E-state index contributed by atoms with van der Waals surface area (Å²) in [5.74, 6) is 6.05. The van der Waals surface area contributed by atoms with Crippen LogP contribution in [0, 0.1) is 46.3 Å². The van der Waals surface area contributed by atoms with Crippen molar-refractivity contribution >= 4 is 0 Å². The quantitative estimate of drug-likeness (QED) is 0.431. The van der Waals surface area contributed by atoms with E-state index >= 15 is 0 Å². The third-order valence-electron chi connectivity index (χ3n) is 11.0. The van der Waals surface area contributed by atoms with Gasteiger partial charge >= 0.3 is 0 Å². The van der Waals surface area contributed by atoms with Crippen molar-refractivity contribution in [2.45, 2.75) is 137 Å². The maximum Gasteiger partial charge on any atom is -0.0275 e. The second-order valence-electron chi connectivity index (χ2n) is 13.1. The molecular weight excluding hydrogens is 348 g/mol. The van der Waals surface area contributed by atoms with Gasteiger partial charge in [-0.3, -0.25) is 0 Å². The molecule has 0 aromatic carbocycles. The van der Waals surface area contributed by atoms with Gasteiger partial charge in [0, 0.05) is 0 Å². The zero-order valence-electron chi connectivity index (χ0n) is 20.5. The minimum atomic E-state index is 0.519. The Balaban J connectivity index is 1.67. The standard InChI is InChI=1S/C29H52/c1-28(2,23-16-7-5-8-17-23)27(29(3,4)24-18-9-6-10-19-24)26-21-13-15-22-14-11-12-20-25(22)26/h22-27H,5-21H2,1-4H3. The third-order valence-corrected chi connectivity index (χ3v) is 11.0. The van der Waals surface area contributed by atoms with Crippen molar-refractivity contribution < 1.29 is 0 Å². The SMILES string of the molecule is CC(C)(C1CCCCC1)C(C1CCCC2CCCCC21)C(C)(C)C1CCCCC1. The van der Waals surface area contributed by atoms with Crippen molar-refractivity contribution in [3.8, 4) is 0 Å². The van der Waals surface area contributed by atoms with Gasteiger partial charge in [-0.1, -0.05) is 98.3 Å². The van der Waals surface area contributed by atoms with Crippen LogP contribution in [-0.2, 0) is 0 Å². The molecule has 0 aliphatic heterocycles. The van der Waals surface area contributed by atoms with E-state index in [-0.39, 0.29) is 0 Å². The molecule has 4 fully saturated rings. The van der Waals surface area contributed by atoms with E-state index in [1.807, 2.05) is 0 Å². The summed E-state index contributed by atoms with van der Waals surface area (Å²) in [4.78, 5) is 0. The fourth-order valence-corrected chi connectivity index (χ4v) is 9.67. The molecule has 0 bridgehead atoms. The van der Waals surface area contributed by atoms with E-state index in [1.165, 1.54) is 83.5 Å². The predicted molar refractivity (Wildman–Crippen MR) is 127 cm³/mol. The van der Waals surface area contributed by atoms with E-state index in [0.717, 1.165) is 35.5 Å². The van der Waals surface area contributed by atoms with Crippen LogP contribution in [0.5, 0.6) is 0 Å². The van der Waals surface area contributed by atoms with Gasteiger partial charge in [0.25, 0.3) is 0 Å². The van der Waals surface area contributed by atoms with Crippen LogP contribution in [-0.4, -0.2) is 0 Å². The Morgan fingerprint density at radius 2 is 0.931 bits per heavy atom. The Bertz CT molecular complexity index is 470. The topological polar surface area (TPSA) is 0 Å². The molecule has 0 heteroatoms. The van der Waals surface area contributed by atoms with Crippen molar-refractivity contribution in [1.29, 1.82) is 0 Å². The number of fused-ring (bicyclic) bond motifs is 1. The van der Waals surface area contributed by atoms with Crippen molar-refractivity contribution in [2.75, 3.05) is 0 Å². The zero-order chi connectivity index (χ0) is 20.5. The van der Waals surface area contributed by atoms with Crippen LogP contribution < -0.4 is 0 Å². The lowest BCUT2D eigenvalue weighted by Gasteiger charge is -2.59. The fraction of sp³-hybridized carbons (Fsp3) is 1.00. The summed E-state index contributed by atoms with van der Waals surface area (Å²) in [5.41, 5.74) is 1.04. The average molecular weight is 401 g/mol. The summed E-state index contributed by atoms with van der Waals surface area (Å²) < 4.78 is 0. The van der Waals surface area contributed by atoms with Crippen LogP contribution in [0.25, 0.3) is 0 Å². The van der Waals surface area contributed by atoms with Gasteiger partial charge in [-0.2, -0.15) is 0 Å². The molecule has 0 saturated heterocycles. The van der Waals surface area contributed by atoms with Crippen LogP contribution in [0.4, 0.5) is 0 Å². The van der Waals surface area contributed by atoms with Gasteiger partial charge in [0.2, 0.25) is 0 Å². The number of rotatable bonds is 5. The molecule has 3 atom stereocenters. The van der Waals surface area contributed by atoms with E-state index in [2.05, 4.69) is 27.7 Å².